The van der Waals surface area contributed by atoms with Gasteiger partial charge in [0.25, 0.3) is 0 Å². The first-order valence-corrected chi connectivity index (χ1v) is 10.9. The molecule has 1 aromatic heterocycles. The molecule has 0 radical (unpaired) electrons. The van der Waals surface area contributed by atoms with Crippen molar-refractivity contribution in [3.63, 3.8) is 0 Å². The van der Waals surface area contributed by atoms with Crippen molar-refractivity contribution < 1.29 is 0 Å². The quantitative estimate of drug-likeness (QED) is 0.474. The van der Waals surface area contributed by atoms with Crippen LogP contribution in [-0.2, 0) is 6.54 Å². The van der Waals surface area contributed by atoms with Crippen LogP contribution in [0.1, 0.15) is 37.7 Å². The summed E-state index contributed by atoms with van der Waals surface area (Å²) in [6, 6.07) is 14.4. The van der Waals surface area contributed by atoms with E-state index in [1.807, 2.05) is 38.4 Å². The lowest BCUT2D eigenvalue weighted by atomic mass is 9.94. The van der Waals surface area contributed by atoms with Crippen LogP contribution in [0.3, 0.4) is 0 Å². The fourth-order valence-electron chi connectivity index (χ4n) is 4.17. The number of anilines is 2. The number of nitrogens with zero attached hydrogens (tertiary/aromatic N) is 4. The highest BCUT2D eigenvalue weighted by Crippen LogP contribution is 2.31. The van der Waals surface area contributed by atoms with Gasteiger partial charge in [0.2, 0.25) is 5.95 Å². The molecule has 1 fully saturated rings. The Morgan fingerprint density at radius 3 is 2.31 bits per heavy atom. The van der Waals surface area contributed by atoms with Gasteiger partial charge in [0.1, 0.15) is 5.82 Å². The molecule has 0 unspecified atom stereocenters. The summed E-state index contributed by atoms with van der Waals surface area (Å²) in [4.78, 5) is 14.4. The third-order valence-corrected chi connectivity index (χ3v) is 5.98. The van der Waals surface area contributed by atoms with Crippen molar-refractivity contribution in [1.82, 2.24) is 9.97 Å². The molecule has 3 aromatic rings. The van der Waals surface area contributed by atoms with Gasteiger partial charge in [-0.2, -0.15) is 4.98 Å². The van der Waals surface area contributed by atoms with Gasteiger partial charge < -0.3 is 9.80 Å². The standard InChI is InChI=1S/C23H26Cl2N4/c1-28(2)22-20-10-6-7-11-21(20)26-23(27-22)29(19-8-4-3-5-9-19)15-16-12-17(24)14-18(25)13-16/h6-7,10-14,19H,3-5,8-9,15H2,1-2H3. The van der Waals surface area contributed by atoms with Crippen LogP contribution in [0.15, 0.2) is 42.5 Å². The van der Waals surface area contributed by atoms with Gasteiger partial charge in [-0.3, -0.25) is 0 Å². The van der Waals surface area contributed by atoms with Gasteiger partial charge in [0.05, 0.1) is 5.52 Å². The summed E-state index contributed by atoms with van der Waals surface area (Å²) in [5, 5.41) is 2.38. The predicted octanol–water partition coefficient (Wildman–Crippen LogP) is 6.34. The molecule has 0 saturated heterocycles. The van der Waals surface area contributed by atoms with Crippen LogP contribution in [0.2, 0.25) is 10.0 Å². The summed E-state index contributed by atoms with van der Waals surface area (Å²) in [7, 11) is 4.06. The van der Waals surface area contributed by atoms with E-state index in [0.717, 1.165) is 41.1 Å². The molecule has 2 aromatic carbocycles. The number of hydrogen-bond acceptors (Lipinski definition) is 4. The maximum absolute atomic E-state index is 6.27. The van der Waals surface area contributed by atoms with Crippen molar-refractivity contribution in [2.75, 3.05) is 23.9 Å². The molecule has 4 rings (SSSR count). The molecule has 0 bridgehead atoms. The summed E-state index contributed by atoms with van der Waals surface area (Å²) in [6.07, 6.45) is 6.09. The van der Waals surface area contributed by atoms with E-state index >= 15 is 0 Å². The van der Waals surface area contributed by atoms with E-state index in [1.54, 1.807) is 6.07 Å². The molecule has 0 spiro atoms. The molecule has 1 saturated carbocycles. The fraction of sp³-hybridized carbons (Fsp3) is 0.391. The molecule has 0 N–H and O–H groups in total. The monoisotopic (exact) mass is 428 g/mol. The zero-order chi connectivity index (χ0) is 20.4. The molecule has 1 heterocycles. The topological polar surface area (TPSA) is 32.3 Å². The minimum absolute atomic E-state index is 0.415. The Kier molecular flexibility index (Phi) is 6.12. The highest BCUT2D eigenvalue weighted by molar-refractivity contribution is 6.34. The van der Waals surface area contributed by atoms with Gasteiger partial charge in [-0.15, -0.1) is 0 Å². The van der Waals surface area contributed by atoms with E-state index in [1.165, 1.54) is 19.3 Å². The summed E-state index contributed by atoms with van der Waals surface area (Å²) < 4.78 is 0. The van der Waals surface area contributed by atoms with Crippen LogP contribution in [0, 0.1) is 0 Å². The first-order valence-electron chi connectivity index (χ1n) is 10.2. The van der Waals surface area contributed by atoms with Gasteiger partial charge in [0.15, 0.2) is 0 Å². The molecule has 152 valence electrons. The zero-order valence-corrected chi connectivity index (χ0v) is 18.4. The highest BCUT2D eigenvalue weighted by atomic mass is 35.5. The lowest BCUT2D eigenvalue weighted by Gasteiger charge is -2.35. The molecule has 29 heavy (non-hydrogen) atoms. The second-order valence-corrected chi connectivity index (χ2v) is 8.83. The van der Waals surface area contributed by atoms with E-state index in [0.29, 0.717) is 22.6 Å². The zero-order valence-electron chi connectivity index (χ0n) is 16.9. The number of aromatic nitrogens is 2. The minimum atomic E-state index is 0.415. The molecule has 0 amide bonds. The molecule has 4 nitrogen and oxygen atoms in total. The van der Waals surface area contributed by atoms with Gasteiger partial charge in [-0.05, 0) is 48.7 Å². The summed E-state index contributed by atoms with van der Waals surface area (Å²) in [5.74, 6) is 1.71. The number of fused-ring (bicyclic) bond motifs is 1. The van der Waals surface area contributed by atoms with E-state index in [9.17, 15) is 0 Å². The summed E-state index contributed by atoms with van der Waals surface area (Å²) in [6.45, 7) is 0.691. The number of halogens is 2. The fourth-order valence-corrected chi connectivity index (χ4v) is 4.74. The Labute approximate surface area is 182 Å². The second kappa shape index (κ2) is 8.76. The molecular formula is C23H26Cl2N4. The number of para-hydroxylation sites is 1. The van der Waals surface area contributed by atoms with Crippen molar-refractivity contribution in [3.8, 4) is 0 Å². The van der Waals surface area contributed by atoms with Gasteiger partial charge in [-0.1, -0.05) is 54.6 Å². The normalized spacial score (nSPS) is 14.9. The van der Waals surface area contributed by atoms with Crippen LogP contribution in [-0.4, -0.2) is 30.1 Å². The maximum atomic E-state index is 6.27. The Bertz CT molecular complexity index is 979. The SMILES string of the molecule is CN(C)c1nc(N(Cc2cc(Cl)cc(Cl)c2)C2CCCCC2)nc2ccccc12. The lowest BCUT2D eigenvalue weighted by Crippen LogP contribution is -2.38. The van der Waals surface area contributed by atoms with Crippen LogP contribution in [0.5, 0.6) is 0 Å². The van der Waals surface area contributed by atoms with Crippen LogP contribution < -0.4 is 9.80 Å². The van der Waals surface area contributed by atoms with E-state index in [4.69, 9.17) is 33.2 Å². The summed E-state index contributed by atoms with van der Waals surface area (Å²) in [5.41, 5.74) is 2.04. The van der Waals surface area contributed by atoms with Crippen LogP contribution >= 0.6 is 23.2 Å². The van der Waals surface area contributed by atoms with Gasteiger partial charge in [0, 0.05) is 42.1 Å². The Morgan fingerprint density at radius 2 is 1.62 bits per heavy atom. The largest absolute Gasteiger partial charge is 0.362 e. The van der Waals surface area contributed by atoms with E-state index in [-0.39, 0.29) is 0 Å². The number of benzene rings is 2. The summed E-state index contributed by atoms with van der Waals surface area (Å²) >= 11 is 12.5. The molecule has 0 aliphatic heterocycles. The average molecular weight is 429 g/mol. The molecule has 1 aliphatic rings. The predicted molar refractivity (Wildman–Crippen MR) is 123 cm³/mol. The first kappa shape index (κ1) is 20.2. The third-order valence-electron chi connectivity index (χ3n) is 5.54. The van der Waals surface area contributed by atoms with Gasteiger partial charge >= 0.3 is 0 Å². The van der Waals surface area contributed by atoms with Crippen molar-refractivity contribution in [1.29, 1.82) is 0 Å². The smallest absolute Gasteiger partial charge is 0.228 e. The van der Waals surface area contributed by atoms with E-state index in [2.05, 4.69) is 21.9 Å². The number of hydrogen-bond donors (Lipinski definition) is 0. The Hall–Kier alpha value is -2.04. The second-order valence-electron chi connectivity index (χ2n) is 7.96. The third kappa shape index (κ3) is 4.59. The van der Waals surface area contributed by atoms with Gasteiger partial charge in [-0.25, -0.2) is 4.98 Å². The molecule has 1 aliphatic carbocycles. The minimum Gasteiger partial charge on any atom is -0.362 e. The van der Waals surface area contributed by atoms with Crippen molar-refractivity contribution in [3.05, 3.63) is 58.1 Å². The number of rotatable bonds is 5. The maximum Gasteiger partial charge on any atom is 0.228 e. The first-order chi connectivity index (χ1) is 14.0. The molecule has 0 atom stereocenters. The Balaban J connectivity index is 1.80. The van der Waals surface area contributed by atoms with Crippen molar-refractivity contribution >= 4 is 45.9 Å². The van der Waals surface area contributed by atoms with Crippen molar-refractivity contribution in [2.24, 2.45) is 0 Å². The molecule has 6 heteroatoms. The van der Waals surface area contributed by atoms with E-state index < -0.39 is 0 Å². The van der Waals surface area contributed by atoms with Crippen LogP contribution in [0.4, 0.5) is 11.8 Å². The Morgan fingerprint density at radius 1 is 0.931 bits per heavy atom. The highest BCUT2D eigenvalue weighted by Gasteiger charge is 2.25. The molecular weight excluding hydrogens is 403 g/mol. The van der Waals surface area contributed by atoms with Crippen molar-refractivity contribution in [2.45, 2.75) is 44.7 Å². The lowest BCUT2D eigenvalue weighted by molar-refractivity contribution is 0.409. The van der Waals surface area contributed by atoms with Crippen LogP contribution in [0.25, 0.3) is 10.9 Å². The average Bonchev–Trinajstić information content (AvgIpc) is 2.71.